The zero-order chi connectivity index (χ0) is 11.9. The molecule has 0 N–H and O–H groups in total. The molecule has 1 aliphatic carbocycles. The van der Waals surface area contributed by atoms with Gasteiger partial charge in [-0.25, -0.2) is 0 Å². The molecule has 1 aliphatic rings. The van der Waals surface area contributed by atoms with E-state index in [1.165, 1.54) is 16.7 Å². The lowest BCUT2D eigenvalue weighted by Crippen LogP contribution is -2.29. The standard InChI is InChI=1S/C14H19ClSi/c1-10(2)13-9-11-7-5-6-8-12(11)14(13)16(3,4)15/h5-10,14H,1-4H3. The van der Waals surface area contributed by atoms with Crippen LogP contribution in [0.5, 0.6) is 0 Å². The maximum atomic E-state index is 6.70. The normalized spacial score (nSPS) is 19.9. The van der Waals surface area contributed by atoms with Gasteiger partial charge in [-0.15, -0.1) is 0 Å². The van der Waals surface area contributed by atoms with Gasteiger partial charge in [-0.2, -0.15) is 11.1 Å². The van der Waals surface area contributed by atoms with Gasteiger partial charge in [0, 0.05) is 5.54 Å². The molecular formula is C14H19ClSi. The van der Waals surface area contributed by atoms with Crippen molar-refractivity contribution >= 4 is 24.5 Å². The van der Waals surface area contributed by atoms with Crippen LogP contribution in [0.15, 0.2) is 29.8 Å². The summed E-state index contributed by atoms with van der Waals surface area (Å²) >= 11 is 6.70. The van der Waals surface area contributed by atoms with E-state index in [0.29, 0.717) is 11.5 Å². The third kappa shape index (κ3) is 1.99. The first-order valence-corrected chi connectivity index (χ1v) is 9.99. The third-order valence-corrected chi connectivity index (χ3v) is 5.99. The molecule has 1 aromatic carbocycles. The number of rotatable bonds is 2. The molecule has 0 nitrogen and oxygen atoms in total. The Kier molecular flexibility index (Phi) is 3.02. The van der Waals surface area contributed by atoms with Crippen molar-refractivity contribution in [3.63, 3.8) is 0 Å². The summed E-state index contributed by atoms with van der Waals surface area (Å²) in [6.45, 7) is 9.03. The Balaban J connectivity index is 2.53. The van der Waals surface area contributed by atoms with Crippen molar-refractivity contribution in [1.29, 1.82) is 0 Å². The summed E-state index contributed by atoms with van der Waals surface area (Å²) in [5.41, 5.74) is 4.83. The number of benzene rings is 1. The zero-order valence-electron chi connectivity index (χ0n) is 10.4. The van der Waals surface area contributed by atoms with E-state index < -0.39 is 7.38 Å². The number of halogens is 1. The minimum absolute atomic E-state index is 0.491. The van der Waals surface area contributed by atoms with Gasteiger partial charge in [-0.1, -0.05) is 62.9 Å². The van der Waals surface area contributed by atoms with Gasteiger partial charge in [0.2, 0.25) is 0 Å². The first kappa shape index (κ1) is 11.9. The van der Waals surface area contributed by atoms with Crippen molar-refractivity contribution in [3.8, 4) is 0 Å². The summed E-state index contributed by atoms with van der Waals surface area (Å²) in [5.74, 6) is 0.586. The van der Waals surface area contributed by atoms with Crippen LogP contribution in [-0.4, -0.2) is 7.38 Å². The van der Waals surface area contributed by atoms with E-state index in [1.54, 1.807) is 0 Å². The first-order valence-electron chi connectivity index (χ1n) is 5.90. The molecule has 0 radical (unpaired) electrons. The lowest BCUT2D eigenvalue weighted by atomic mass is 10.0. The van der Waals surface area contributed by atoms with Crippen molar-refractivity contribution in [2.75, 3.05) is 0 Å². The fourth-order valence-electron chi connectivity index (χ4n) is 2.61. The molecular weight excluding hydrogens is 232 g/mol. The second kappa shape index (κ2) is 4.05. The smallest absolute Gasteiger partial charge is 0.161 e. The number of allylic oxidation sites excluding steroid dienone is 1. The molecule has 0 saturated heterocycles. The molecule has 2 heteroatoms. The average Bonchev–Trinajstić information content (AvgIpc) is 2.55. The highest BCUT2D eigenvalue weighted by Gasteiger charge is 2.38. The number of hydrogen-bond acceptors (Lipinski definition) is 0. The molecule has 16 heavy (non-hydrogen) atoms. The van der Waals surface area contributed by atoms with E-state index in [-0.39, 0.29) is 0 Å². The first-order chi connectivity index (χ1) is 7.41. The summed E-state index contributed by atoms with van der Waals surface area (Å²) < 4.78 is 0. The maximum absolute atomic E-state index is 6.70. The summed E-state index contributed by atoms with van der Waals surface area (Å²) in [6, 6.07) is 8.68. The molecule has 0 saturated carbocycles. The molecule has 86 valence electrons. The van der Waals surface area contributed by atoms with Crippen molar-refractivity contribution in [2.45, 2.75) is 32.5 Å². The predicted molar refractivity (Wildman–Crippen MR) is 75.3 cm³/mol. The van der Waals surface area contributed by atoms with Crippen LogP contribution in [0, 0.1) is 5.92 Å². The Morgan fingerprint density at radius 1 is 1.19 bits per heavy atom. The van der Waals surface area contributed by atoms with Crippen molar-refractivity contribution in [2.24, 2.45) is 5.92 Å². The molecule has 2 rings (SSSR count). The minimum Gasteiger partial charge on any atom is -0.167 e. The highest BCUT2D eigenvalue weighted by molar-refractivity contribution is 7.20. The fraction of sp³-hybridized carbons (Fsp3) is 0.429. The highest BCUT2D eigenvalue weighted by atomic mass is 35.6. The van der Waals surface area contributed by atoms with Gasteiger partial charge in [-0.3, -0.25) is 0 Å². The second-order valence-electron chi connectivity index (χ2n) is 5.43. The Morgan fingerprint density at radius 3 is 2.38 bits per heavy atom. The zero-order valence-corrected chi connectivity index (χ0v) is 12.2. The molecule has 0 amide bonds. The monoisotopic (exact) mass is 250 g/mol. The quantitative estimate of drug-likeness (QED) is 0.522. The Labute approximate surface area is 104 Å². The Hall–Kier alpha value is -0.533. The second-order valence-corrected chi connectivity index (χ2v) is 12.1. The predicted octanol–water partition coefficient (Wildman–Crippen LogP) is 4.81. The average molecular weight is 251 g/mol. The largest absolute Gasteiger partial charge is 0.167 e. The van der Waals surface area contributed by atoms with Gasteiger partial charge in [0.25, 0.3) is 0 Å². The molecule has 0 aliphatic heterocycles. The minimum atomic E-state index is -1.70. The molecule has 0 fully saturated rings. The van der Waals surface area contributed by atoms with Crippen LogP contribution in [0.1, 0.15) is 30.5 Å². The fourth-order valence-corrected chi connectivity index (χ4v) is 5.56. The van der Waals surface area contributed by atoms with Crippen molar-refractivity contribution < 1.29 is 0 Å². The molecule has 0 spiro atoms. The van der Waals surface area contributed by atoms with E-state index in [2.05, 4.69) is 57.3 Å². The topological polar surface area (TPSA) is 0 Å². The molecule has 1 atom stereocenters. The summed E-state index contributed by atoms with van der Waals surface area (Å²) in [7, 11) is -1.70. The lowest BCUT2D eigenvalue weighted by Gasteiger charge is -2.28. The van der Waals surface area contributed by atoms with Crippen LogP contribution in [0.2, 0.25) is 13.1 Å². The van der Waals surface area contributed by atoms with E-state index in [1.807, 2.05) is 0 Å². The maximum Gasteiger partial charge on any atom is 0.161 e. The SMILES string of the molecule is CC(C)C1=Cc2ccccc2C1[Si](C)(C)Cl. The van der Waals surface area contributed by atoms with Gasteiger partial charge in [0.05, 0.1) is 0 Å². The van der Waals surface area contributed by atoms with E-state index in [4.69, 9.17) is 11.1 Å². The highest BCUT2D eigenvalue weighted by Crippen LogP contribution is 2.46. The molecule has 1 unspecified atom stereocenters. The van der Waals surface area contributed by atoms with Crippen molar-refractivity contribution in [1.82, 2.24) is 0 Å². The van der Waals surface area contributed by atoms with Gasteiger partial charge >= 0.3 is 0 Å². The van der Waals surface area contributed by atoms with Crippen LogP contribution < -0.4 is 0 Å². The number of fused-ring (bicyclic) bond motifs is 1. The lowest BCUT2D eigenvalue weighted by molar-refractivity contribution is 0.739. The van der Waals surface area contributed by atoms with E-state index in [0.717, 1.165) is 0 Å². The molecule has 0 aromatic heterocycles. The third-order valence-electron chi connectivity index (χ3n) is 3.32. The van der Waals surface area contributed by atoms with Gasteiger partial charge < -0.3 is 0 Å². The molecule has 1 aromatic rings. The van der Waals surface area contributed by atoms with Crippen molar-refractivity contribution in [3.05, 3.63) is 41.0 Å². The van der Waals surface area contributed by atoms with Crippen LogP contribution in [-0.2, 0) is 0 Å². The summed E-state index contributed by atoms with van der Waals surface area (Å²) in [4.78, 5) is 0. The van der Waals surface area contributed by atoms with Crippen LogP contribution >= 0.6 is 11.1 Å². The Bertz CT molecular complexity index is 427. The number of hydrogen-bond donors (Lipinski definition) is 0. The molecule has 0 bridgehead atoms. The van der Waals surface area contributed by atoms with Crippen LogP contribution in [0.4, 0.5) is 0 Å². The van der Waals surface area contributed by atoms with Crippen LogP contribution in [0.3, 0.4) is 0 Å². The van der Waals surface area contributed by atoms with Gasteiger partial charge in [0.1, 0.15) is 0 Å². The van der Waals surface area contributed by atoms with E-state index in [9.17, 15) is 0 Å². The van der Waals surface area contributed by atoms with Gasteiger partial charge in [0.15, 0.2) is 7.38 Å². The summed E-state index contributed by atoms with van der Waals surface area (Å²) in [5, 5.41) is 0. The molecule has 0 heterocycles. The van der Waals surface area contributed by atoms with Crippen LogP contribution in [0.25, 0.3) is 6.08 Å². The van der Waals surface area contributed by atoms with E-state index >= 15 is 0 Å². The Morgan fingerprint density at radius 2 is 1.81 bits per heavy atom. The van der Waals surface area contributed by atoms with Gasteiger partial charge in [-0.05, 0) is 17.0 Å². The summed E-state index contributed by atoms with van der Waals surface area (Å²) in [6.07, 6.45) is 2.35.